The molecule has 4 nitrogen and oxygen atoms in total. The SMILES string of the molecule is C=C(CC(=O)OC12CC3CC(CC(C3)C1)C2)C(=O)OC. The van der Waals surface area contributed by atoms with E-state index in [-0.39, 0.29) is 23.6 Å². The normalized spacial score (nSPS) is 37.5. The zero-order chi connectivity index (χ0) is 14.3. The fourth-order valence-electron chi connectivity index (χ4n) is 4.82. The van der Waals surface area contributed by atoms with Crippen LogP contribution in [0.1, 0.15) is 44.9 Å². The Bertz CT molecular complexity index is 416. The van der Waals surface area contributed by atoms with Crippen molar-refractivity contribution in [2.75, 3.05) is 7.11 Å². The Balaban J connectivity index is 1.61. The van der Waals surface area contributed by atoms with Crippen LogP contribution in [0, 0.1) is 17.8 Å². The Morgan fingerprint density at radius 3 is 2.05 bits per heavy atom. The number of carbonyl (C=O) groups excluding carboxylic acids is 2. The van der Waals surface area contributed by atoms with Crippen molar-refractivity contribution in [3.8, 4) is 0 Å². The first-order valence-corrected chi connectivity index (χ1v) is 7.47. The van der Waals surface area contributed by atoms with Crippen molar-refractivity contribution < 1.29 is 19.1 Å². The molecule has 0 unspecified atom stereocenters. The first-order valence-electron chi connectivity index (χ1n) is 7.47. The lowest BCUT2D eigenvalue weighted by molar-refractivity contribution is -0.186. The summed E-state index contributed by atoms with van der Waals surface area (Å²) in [7, 11) is 1.29. The minimum atomic E-state index is -0.535. The molecular formula is C16H22O4. The number of hydrogen-bond acceptors (Lipinski definition) is 4. The van der Waals surface area contributed by atoms with Gasteiger partial charge in [0.25, 0.3) is 0 Å². The van der Waals surface area contributed by atoms with Gasteiger partial charge in [-0.1, -0.05) is 6.58 Å². The van der Waals surface area contributed by atoms with Crippen LogP contribution in [0.25, 0.3) is 0 Å². The van der Waals surface area contributed by atoms with Crippen molar-refractivity contribution in [1.29, 1.82) is 0 Å². The Morgan fingerprint density at radius 2 is 1.60 bits per heavy atom. The average molecular weight is 278 g/mol. The summed E-state index contributed by atoms with van der Waals surface area (Å²) in [5.74, 6) is 1.34. The molecule has 4 fully saturated rings. The third-order valence-corrected chi connectivity index (χ3v) is 5.14. The number of hydrogen-bond donors (Lipinski definition) is 0. The monoisotopic (exact) mass is 278 g/mol. The van der Waals surface area contributed by atoms with Crippen LogP contribution in [-0.2, 0) is 19.1 Å². The maximum atomic E-state index is 12.1. The van der Waals surface area contributed by atoms with Gasteiger partial charge in [0.05, 0.1) is 13.5 Å². The Hall–Kier alpha value is -1.32. The van der Waals surface area contributed by atoms with Crippen molar-refractivity contribution in [1.82, 2.24) is 0 Å². The molecule has 20 heavy (non-hydrogen) atoms. The molecule has 4 heteroatoms. The van der Waals surface area contributed by atoms with Crippen molar-refractivity contribution >= 4 is 11.9 Å². The maximum Gasteiger partial charge on any atom is 0.333 e. The number of methoxy groups -OCH3 is 1. The van der Waals surface area contributed by atoms with Crippen LogP contribution >= 0.6 is 0 Å². The quantitative estimate of drug-likeness (QED) is 0.586. The van der Waals surface area contributed by atoms with Gasteiger partial charge in [-0.2, -0.15) is 0 Å². The lowest BCUT2D eigenvalue weighted by atomic mass is 9.54. The van der Waals surface area contributed by atoms with Gasteiger partial charge >= 0.3 is 11.9 Å². The Morgan fingerprint density at radius 1 is 1.10 bits per heavy atom. The first-order chi connectivity index (χ1) is 9.49. The highest BCUT2D eigenvalue weighted by atomic mass is 16.6. The van der Waals surface area contributed by atoms with E-state index in [9.17, 15) is 9.59 Å². The number of carbonyl (C=O) groups is 2. The molecule has 110 valence electrons. The molecule has 4 saturated carbocycles. The number of ether oxygens (including phenoxy) is 2. The molecule has 0 saturated heterocycles. The smallest absolute Gasteiger partial charge is 0.333 e. The van der Waals surface area contributed by atoms with Crippen LogP contribution in [0.4, 0.5) is 0 Å². The maximum absolute atomic E-state index is 12.1. The minimum absolute atomic E-state index is 0.0611. The Kier molecular flexibility index (Phi) is 3.35. The van der Waals surface area contributed by atoms with Gasteiger partial charge in [-0.3, -0.25) is 4.79 Å². The summed E-state index contributed by atoms with van der Waals surface area (Å²) < 4.78 is 10.4. The first kappa shape index (κ1) is 13.7. The summed E-state index contributed by atoms with van der Waals surface area (Å²) in [5.41, 5.74) is -0.0791. The summed E-state index contributed by atoms with van der Waals surface area (Å²) in [6.07, 6.45) is 6.90. The molecule has 0 aromatic rings. The zero-order valence-corrected chi connectivity index (χ0v) is 12.0. The minimum Gasteiger partial charge on any atom is -0.466 e. The van der Waals surface area contributed by atoms with Crippen LogP contribution in [0.3, 0.4) is 0 Å². The molecule has 4 bridgehead atoms. The lowest BCUT2D eigenvalue weighted by Crippen LogP contribution is -2.52. The topological polar surface area (TPSA) is 52.6 Å². The highest BCUT2D eigenvalue weighted by molar-refractivity contribution is 5.93. The predicted octanol–water partition coefficient (Wildman–Crippen LogP) is 2.62. The third-order valence-electron chi connectivity index (χ3n) is 5.14. The van der Waals surface area contributed by atoms with E-state index >= 15 is 0 Å². The van der Waals surface area contributed by atoms with Crippen LogP contribution in [0.5, 0.6) is 0 Å². The molecule has 0 aromatic heterocycles. The van der Waals surface area contributed by atoms with E-state index in [2.05, 4.69) is 11.3 Å². The molecule has 4 aliphatic carbocycles. The summed E-state index contributed by atoms with van der Waals surface area (Å²) in [5, 5.41) is 0. The van der Waals surface area contributed by atoms with Crippen LogP contribution in [0.2, 0.25) is 0 Å². The van der Waals surface area contributed by atoms with Crippen molar-refractivity contribution in [3.05, 3.63) is 12.2 Å². The van der Waals surface area contributed by atoms with E-state index in [1.807, 2.05) is 0 Å². The number of esters is 2. The predicted molar refractivity (Wildman–Crippen MR) is 72.8 cm³/mol. The molecule has 0 atom stereocenters. The molecule has 0 N–H and O–H groups in total. The van der Waals surface area contributed by atoms with E-state index in [0.717, 1.165) is 37.0 Å². The number of rotatable bonds is 4. The molecule has 0 spiro atoms. The fourth-order valence-corrected chi connectivity index (χ4v) is 4.82. The van der Waals surface area contributed by atoms with Crippen LogP contribution in [-0.4, -0.2) is 24.6 Å². The average Bonchev–Trinajstić information content (AvgIpc) is 2.34. The van der Waals surface area contributed by atoms with Gasteiger partial charge in [0, 0.05) is 5.57 Å². The van der Waals surface area contributed by atoms with Gasteiger partial charge in [0.15, 0.2) is 0 Å². The van der Waals surface area contributed by atoms with E-state index < -0.39 is 5.97 Å². The van der Waals surface area contributed by atoms with Crippen molar-refractivity contribution in [2.45, 2.75) is 50.5 Å². The third kappa shape index (κ3) is 2.48. The zero-order valence-electron chi connectivity index (χ0n) is 12.0. The molecule has 0 amide bonds. The second-order valence-electron chi connectivity index (χ2n) is 6.85. The molecule has 0 aliphatic heterocycles. The van der Waals surface area contributed by atoms with Gasteiger partial charge in [-0.15, -0.1) is 0 Å². The van der Waals surface area contributed by atoms with E-state index in [4.69, 9.17) is 4.74 Å². The second kappa shape index (κ2) is 4.90. The van der Waals surface area contributed by atoms with Crippen molar-refractivity contribution in [2.24, 2.45) is 17.8 Å². The summed E-state index contributed by atoms with van der Waals surface area (Å²) in [4.78, 5) is 23.3. The summed E-state index contributed by atoms with van der Waals surface area (Å²) in [6, 6.07) is 0. The highest BCUT2D eigenvalue weighted by Crippen LogP contribution is 2.57. The molecular weight excluding hydrogens is 256 g/mol. The van der Waals surface area contributed by atoms with Crippen molar-refractivity contribution in [3.63, 3.8) is 0 Å². The highest BCUT2D eigenvalue weighted by Gasteiger charge is 2.53. The molecule has 0 heterocycles. The van der Waals surface area contributed by atoms with Crippen LogP contribution < -0.4 is 0 Å². The fraction of sp³-hybridized carbons (Fsp3) is 0.750. The molecule has 4 aliphatic rings. The summed E-state index contributed by atoms with van der Waals surface area (Å²) in [6.45, 7) is 3.58. The van der Waals surface area contributed by atoms with Gasteiger partial charge in [0.2, 0.25) is 0 Å². The molecule has 0 radical (unpaired) electrons. The largest absolute Gasteiger partial charge is 0.466 e. The standard InChI is InChI=1S/C16H22O4/c1-10(15(18)19-2)3-14(17)20-16-7-11-4-12(8-16)6-13(5-11)9-16/h11-13H,1,3-9H2,2H3. The second-order valence-corrected chi connectivity index (χ2v) is 6.85. The molecule has 4 rings (SSSR count). The molecule has 0 aromatic carbocycles. The van der Waals surface area contributed by atoms with E-state index in [1.165, 1.54) is 26.4 Å². The van der Waals surface area contributed by atoms with Crippen LogP contribution in [0.15, 0.2) is 12.2 Å². The van der Waals surface area contributed by atoms with Gasteiger partial charge in [0.1, 0.15) is 5.60 Å². The van der Waals surface area contributed by atoms with Gasteiger partial charge in [-0.05, 0) is 56.3 Å². The van der Waals surface area contributed by atoms with Gasteiger partial charge < -0.3 is 9.47 Å². The van der Waals surface area contributed by atoms with Gasteiger partial charge in [-0.25, -0.2) is 4.79 Å². The lowest BCUT2D eigenvalue weighted by Gasteiger charge is -2.55. The van der Waals surface area contributed by atoms with E-state index in [0.29, 0.717) is 0 Å². The van der Waals surface area contributed by atoms with E-state index in [1.54, 1.807) is 0 Å². The summed E-state index contributed by atoms with van der Waals surface area (Å²) >= 11 is 0. The Labute approximate surface area is 119 Å².